The topological polar surface area (TPSA) is 23.5 Å². The smallest absolute Gasteiger partial charge is 0.0842 e. The van der Waals surface area contributed by atoms with Gasteiger partial charge in [-0.15, -0.1) is 0 Å². The van der Waals surface area contributed by atoms with Crippen molar-refractivity contribution in [3.05, 3.63) is 11.6 Å². The van der Waals surface area contributed by atoms with Gasteiger partial charge in [0.25, 0.3) is 0 Å². The van der Waals surface area contributed by atoms with Gasteiger partial charge >= 0.3 is 0 Å². The van der Waals surface area contributed by atoms with Gasteiger partial charge in [0.1, 0.15) is 0 Å². The van der Waals surface area contributed by atoms with Crippen molar-refractivity contribution in [2.75, 3.05) is 19.6 Å². The van der Waals surface area contributed by atoms with Crippen LogP contribution in [0.3, 0.4) is 0 Å². The third-order valence-corrected chi connectivity index (χ3v) is 2.95. The van der Waals surface area contributed by atoms with Crippen molar-refractivity contribution in [1.29, 1.82) is 0 Å². The molecule has 2 heteroatoms. The van der Waals surface area contributed by atoms with E-state index in [9.17, 15) is 5.11 Å². The summed E-state index contributed by atoms with van der Waals surface area (Å²) in [5, 5.41) is 10.3. The molecule has 14 heavy (non-hydrogen) atoms. The maximum atomic E-state index is 10.3. The molecule has 1 rings (SSSR count). The van der Waals surface area contributed by atoms with E-state index in [4.69, 9.17) is 0 Å². The zero-order valence-corrected chi connectivity index (χ0v) is 9.71. The molecule has 1 fully saturated rings. The second kappa shape index (κ2) is 4.94. The highest BCUT2D eigenvalue weighted by atomic mass is 16.3. The molecule has 1 atom stereocenters. The van der Waals surface area contributed by atoms with Crippen molar-refractivity contribution in [2.45, 2.75) is 45.6 Å². The minimum atomic E-state index is -0.539. The fourth-order valence-electron chi connectivity index (χ4n) is 2.20. The van der Waals surface area contributed by atoms with Crippen LogP contribution in [0.25, 0.3) is 0 Å². The van der Waals surface area contributed by atoms with E-state index in [1.807, 2.05) is 6.08 Å². The first-order valence-corrected chi connectivity index (χ1v) is 5.66. The van der Waals surface area contributed by atoms with Crippen LogP contribution in [-0.2, 0) is 0 Å². The number of rotatable bonds is 2. The number of nitrogens with zero attached hydrogens (tertiary/aromatic N) is 1. The Labute approximate surface area is 87.6 Å². The second-order valence-corrected chi connectivity index (χ2v) is 4.61. The van der Waals surface area contributed by atoms with Gasteiger partial charge in [-0.1, -0.05) is 18.6 Å². The molecule has 0 aromatic rings. The molecular formula is C12H23NO. The van der Waals surface area contributed by atoms with Gasteiger partial charge in [0.05, 0.1) is 5.60 Å². The summed E-state index contributed by atoms with van der Waals surface area (Å²) in [6.07, 6.45) is 4.93. The molecule has 1 heterocycles. The van der Waals surface area contributed by atoms with Gasteiger partial charge in [-0.2, -0.15) is 0 Å². The highest BCUT2D eigenvalue weighted by molar-refractivity contribution is 5.07. The van der Waals surface area contributed by atoms with E-state index in [2.05, 4.69) is 25.7 Å². The molecule has 0 spiro atoms. The fourth-order valence-corrected chi connectivity index (χ4v) is 2.20. The lowest BCUT2D eigenvalue weighted by atomic mass is 9.93. The summed E-state index contributed by atoms with van der Waals surface area (Å²) < 4.78 is 0. The molecule has 1 aliphatic heterocycles. The third-order valence-electron chi connectivity index (χ3n) is 2.95. The first-order chi connectivity index (χ1) is 6.56. The summed E-state index contributed by atoms with van der Waals surface area (Å²) >= 11 is 0. The molecule has 1 aliphatic rings. The van der Waals surface area contributed by atoms with Crippen LogP contribution in [0, 0.1) is 0 Å². The average molecular weight is 197 g/mol. The number of allylic oxidation sites excluding steroid dienone is 1. The Bertz CT molecular complexity index is 208. The zero-order chi connectivity index (χ0) is 10.6. The molecular weight excluding hydrogens is 174 g/mol. The van der Waals surface area contributed by atoms with Crippen LogP contribution < -0.4 is 0 Å². The molecule has 2 nitrogen and oxygen atoms in total. The fraction of sp³-hybridized carbons (Fsp3) is 0.833. The number of hydrogen-bond acceptors (Lipinski definition) is 2. The molecule has 0 aromatic heterocycles. The van der Waals surface area contributed by atoms with Gasteiger partial charge in [-0.3, -0.25) is 0 Å². The highest BCUT2D eigenvalue weighted by Gasteiger charge is 2.27. The largest absolute Gasteiger partial charge is 0.386 e. The van der Waals surface area contributed by atoms with Crippen LogP contribution in [0.4, 0.5) is 0 Å². The highest BCUT2D eigenvalue weighted by Crippen LogP contribution is 2.24. The molecule has 1 N–H and O–H groups in total. The first kappa shape index (κ1) is 11.7. The lowest BCUT2D eigenvalue weighted by Crippen LogP contribution is -2.29. The van der Waals surface area contributed by atoms with E-state index in [0.29, 0.717) is 0 Å². The summed E-state index contributed by atoms with van der Waals surface area (Å²) in [6.45, 7) is 9.56. The van der Waals surface area contributed by atoms with Crippen molar-refractivity contribution in [2.24, 2.45) is 0 Å². The molecule has 0 aliphatic carbocycles. The summed E-state index contributed by atoms with van der Waals surface area (Å²) in [6, 6.07) is 0. The first-order valence-electron chi connectivity index (χ1n) is 5.66. The Morgan fingerprint density at radius 2 is 2.07 bits per heavy atom. The predicted octanol–water partition coefficient (Wildman–Crippen LogP) is 2.19. The van der Waals surface area contributed by atoms with E-state index >= 15 is 0 Å². The van der Waals surface area contributed by atoms with Crippen molar-refractivity contribution in [1.82, 2.24) is 4.90 Å². The summed E-state index contributed by atoms with van der Waals surface area (Å²) in [5.41, 5.74) is 0.681. The van der Waals surface area contributed by atoms with Gasteiger partial charge in [0.2, 0.25) is 0 Å². The van der Waals surface area contributed by atoms with Crippen molar-refractivity contribution < 1.29 is 5.11 Å². The SMILES string of the molecule is CCN1CCCC(O)(C=C(C)C)CC1. The summed E-state index contributed by atoms with van der Waals surface area (Å²) in [7, 11) is 0. The molecule has 0 amide bonds. The van der Waals surface area contributed by atoms with E-state index in [0.717, 1.165) is 38.9 Å². The summed E-state index contributed by atoms with van der Waals surface area (Å²) in [4.78, 5) is 2.41. The van der Waals surface area contributed by atoms with Gasteiger partial charge in [-0.25, -0.2) is 0 Å². The predicted molar refractivity (Wildman–Crippen MR) is 60.3 cm³/mol. The van der Waals surface area contributed by atoms with Crippen LogP contribution in [0.15, 0.2) is 11.6 Å². The van der Waals surface area contributed by atoms with E-state index < -0.39 is 5.60 Å². The van der Waals surface area contributed by atoms with E-state index in [1.54, 1.807) is 0 Å². The van der Waals surface area contributed by atoms with E-state index in [1.165, 1.54) is 5.57 Å². The van der Waals surface area contributed by atoms with Gasteiger partial charge in [0, 0.05) is 6.54 Å². The standard InChI is InChI=1S/C12H23NO/c1-4-13-8-5-6-12(14,7-9-13)10-11(2)3/h10,14H,4-9H2,1-3H3. The maximum Gasteiger partial charge on any atom is 0.0842 e. The second-order valence-electron chi connectivity index (χ2n) is 4.61. The molecule has 0 radical (unpaired) electrons. The van der Waals surface area contributed by atoms with Gasteiger partial charge < -0.3 is 10.0 Å². The Morgan fingerprint density at radius 1 is 1.36 bits per heavy atom. The summed E-state index contributed by atoms with van der Waals surface area (Å²) in [5.74, 6) is 0. The zero-order valence-electron chi connectivity index (χ0n) is 9.71. The Morgan fingerprint density at radius 3 is 2.64 bits per heavy atom. The van der Waals surface area contributed by atoms with Gasteiger partial charge in [0.15, 0.2) is 0 Å². The van der Waals surface area contributed by atoms with E-state index in [-0.39, 0.29) is 0 Å². The quantitative estimate of drug-likeness (QED) is 0.686. The third kappa shape index (κ3) is 3.43. The Balaban J connectivity index is 2.60. The normalized spacial score (nSPS) is 29.7. The molecule has 0 saturated carbocycles. The lowest BCUT2D eigenvalue weighted by molar-refractivity contribution is 0.0740. The minimum Gasteiger partial charge on any atom is -0.386 e. The van der Waals surface area contributed by atoms with Crippen LogP contribution in [0.2, 0.25) is 0 Å². The molecule has 82 valence electrons. The molecule has 1 saturated heterocycles. The van der Waals surface area contributed by atoms with Crippen LogP contribution in [0.1, 0.15) is 40.0 Å². The maximum absolute atomic E-state index is 10.3. The number of aliphatic hydroxyl groups is 1. The van der Waals surface area contributed by atoms with Crippen molar-refractivity contribution >= 4 is 0 Å². The molecule has 0 bridgehead atoms. The minimum absolute atomic E-state index is 0.539. The van der Waals surface area contributed by atoms with Crippen LogP contribution in [-0.4, -0.2) is 35.2 Å². The van der Waals surface area contributed by atoms with Crippen LogP contribution >= 0.6 is 0 Å². The lowest BCUT2D eigenvalue weighted by Gasteiger charge is -2.23. The number of hydrogen-bond donors (Lipinski definition) is 1. The number of likely N-dealkylation sites (tertiary alicyclic amines) is 1. The monoisotopic (exact) mass is 197 g/mol. The molecule has 0 aromatic carbocycles. The van der Waals surface area contributed by atoms with Crippen molar-refractivity contribution in [3.63, 3.8) is 0 Å². The Kier molecular flexibility index (Phi) is 4.14. The average Bonchev–Trinajstić information content (AvgIpc) is 2.26. The van der Waals surface area contributed by atoms with Crippen LogP contribution in [0.5, 0.6) is 0 Å². The van der Waals surface area contributed by atoms with Crippen molar-refractivity contribution in [3.8, 4) is 0 Å². The molecule has 1 unspecified atom stereocenters. The Hall–Kier alpha value is -0.340. The van der Waals surface area contributed by atoms with Gasteiger partial charge in [-0.05, 0) is 46.2 Å².